The summed E-state index contributed by atoms with van der Waals surface area (Å²) in [4.78, 5) is 28.5. The zero-order chi connectivity index (χ0) is 26.4. The number of aliphatic hydroxyl groups excluding tert-OH is 1. The maximum absolute atomic E-state index is 13.4. The number of nitrogens with zero attached hydrogens (tertiary/aromatic N) is 6. The first-order chi connectivity index (χ1) is 18.4. The van der Waals surface area contributed by atoms with Crippen LogP contribution in [0.5, 0.6) is 0 Å². The molecule has 0 unspecified atom stereocenters. The van der Waals surface area contributed by atoms with Gasteiger partial charge in [0, 0.05) is 50.4 Å². The van der Waals surface area contributed by atoms with Crippen molar-refractivity contribution in [2.45, 2.75) is 25.5 Å². The van der Waals surface area contributed by atoms with Crippen LogP contribution < -0.4 is 15.1 Å². The molecule has 0 radical (unpaired) electrons. The van der Waals surface area contributed by atoms with Crippen molar-refractivity contribution in [3.05, 3.63) is 59.5 Å². The zero-order valence-corrected chi connectivity index (χ0v) is 22.2. The van der Waals surface area contributed by atoms with Gasteiger partial charge in [-0.25, -0.2) is 14.4 Å². The molecule has 198 valence electrons. The summed E-state index contributed by atoms with van der Waals surface area (Å²) in [6.45, 7) is 4.78. The van der Waals surface area contributed by atoms with E-state index < -0.39 is 6.10 Å². The summed E-state index contributed by atoms with van der Waals surface area (Å²) >= 11 is 1.52. The number of nitrogens with one attached hydrogen (secondary N) is 1. The average Bonchev–Trinajstić information content (AvgIpc) is 3.50. The SMILES string of the molecule is CCc1nc2ccc(N(CC(=O)N3CC(O)C3)C3CNC3)cn2c1N(C)c1nc(-c2ccc(F)cc2)cs1. The highest BCUT2D eigenvalue weighted by molar-refractivity contribution is 7.14. The largest absolute Gasteiger partial charge is 0.389 e. The van der Waals surface area contributed by atoms with Crippen molar-refractivity contribution in [2.75, 3.05) is 49.6 Å². The highest BCUT2D eigenvalue weighted by Crippen LogP contribution is 2.34. The molecule has 38 heavy (non-hydrogen) atoms. The van der Waals surface area contributed by atoms with Crippen molar-refractivity contribution >= 4 is 39.5 Å². The molecule has 11 heteroatoms. The number of rotatable bonds is 8. The molecule has 9 nitrogen and oxygen atoms in total. The fraction of sp³-hybridized carbons (Fsp3) is 0.370. The third kappa shape index (κ3) is 4.50. The van der Waals surface area contributed by atoms with E-state index in [1.165, 1.54) is 23.5 Å². The molecule has 2 aliphatic heterocycles. The second-order valence-corrected chi connectivity index (χ2v) is 10.7. The molecule has 0 aliphatic carbocycles. The van der Waals surface area contributed by atoms with Crippen molar-refractivity contribution in [1.29, 1.82) is 0 Å². The van der Waals surface area contributed by atoms with Crippen LogP contribution in [0.4, 0.5) is 21.0 Å². The number of carbonyl (C=O) groups excluding carboxylic acids is 1. The lowest BCUT2D eigenvalue weighted by Gasteiger charge is -2.42. The summed E-state index contributed by atoms with van der Waals surface area (Å²) in [5.74, 6) is 0.676. The molecule has 0 saturated carbocycles. The number of halogens is 1. The predicted molar refractivity (Wildman–Crippen MR) is 147 cm³/mol. The molecule has 0 bridgehead atoms. The first kappa shape index (κ1) is 24.8. The van der Waals surface area contributed by atoms with E-state index in [1.54, 1.807) is 17.0 Å². The van der Waals surface area contributed by atoms with E-state index >= 15 is 0 Å². The van der Waals surface area contributed by atoms with Crippen LogP contribution in [0.15, 0.2) is 48.0 Å². The first-order valence-corrected chi connectivity index (χ1v) is 13.7. The van der Waals surface area contributed by atoms with Gasteiger partial charge in [-0.2, -0.15) is 0 Å². The van der Waals surface area contributed by atoms with Gasteiger partial charge in [-0.15, -0.1) is 11.3 Å². The highest BCUT2D eigenvalue weighted by atomic mass is 32.1. The molecule has 2 aliphatic rings. The Bertz CT molecular complexity index is 1460. The van der Waals surface area contributed by atoms with E-state index in [2.05, 4.69) is 27.7 Å². The lowest BCUT2D eigenvalue weighted by Crippen LogP contribution is -2.61. The van der Waals surface area contributed by atoms with Gasteiger partial charge < -0.3 is 25.1 Å². The van der Waals surface area contributed by atoms with Gasteiger partial charge in [-0.05, 0) is 42.8 Å². The number of β-amino-alcohol motifs (C(OH)–C–C–N with tert-alkyl or cyclic N) is 1. The molecular weight excluding hydrogens is 505 g/mol. The van der Waals surface area contributed by atoms with Crippen LogP contribution in [0.3, 0.4) is 0 Å². The second-order valence-electron chi connectivity index (χ2n) is 9.82. The number of fused-ring (bicyclic) bond motifs is 1. The van der Waals surface area contributed by atoms with Gasteiger partial charge in [0.05, 0.1) is 35.8 Å². The van der Waals surface area contributed by atoms with Gasteiger partial charge in [0.25, 0.3) is 0 Å². The predicted octanol–water partition coefficient (Wildman–Crippen LogP) is 2.91. The summed E-state index contributed by atoms with van der Waals surface area (Å²) in [7, 11) is 1.98. The minimum Gasteiger partial charge on any atom is -0.389 e. The van der Waals surface area contributed by atoms with Crippen LogP contribution in [-0.4, -0.2) is 82.2 Å². The quantitative estimate of drug-likeness (QED) is 0.359. The van der Waals surface area contributed by atoms with Crippen molar-refractivity contribution in [3.8, 4) is 11.3 Å². The van der Waals surface area contributed by atoms with Crippen LogP contribution in [-0.2, 0) is 11.2 Å². The van der Waals surface area contributed by atoms with Crippen molar-refractivity contribution < 1.29 is 14.3 Å². The number of hydrogen-bond donors (Lipinski definition) is 2. The highest BCUT2D eigenvalue weighted by Gasteiger charge is 2.33. The average molecular weight is 536 g/mol. The second kappa shape index (κ2) is 9.97. The number of aliphatic hydroxyl groups is 1. The zero-order valence-electron chi connectivity index (χ0n) is 21.3. The van der Waals surface area contributed by atoms with Gasteiger partial charge in [0.15, 0.2) is 5.13 Å². The van der Waals surface area contributed by atoms with Crippen LogP contribution in [0, 0.1) is 5.82 Å². The molecule has 1 amide bonds. The van der Waals surface area contributed by atoms with Crippen LogP contribution in [0.1, 0.15) is 12.6 Å². The Balaban J connectivity index is 1.33. The van der Waals surface area contributed by atoms with Gasteiger partial charge in [0.1, 0.15) is 17.3 Å². The minimum atomic E-state index is -0.417. The smallest absolute Gasteiger partial charge is 0.242 e. The lowest BCUT2D eigenvalue weighted by atomic mass is 10.1. The fourth-order valence-electron chi connectivity index (χ4n) is 4.92. The monoisotopic (exact) mass is 535 g/mol. The number of thiazole rings is 1. The van der Waals surface area contributed by atoms with Crippen LogP contribution >= 0.6 is 11.3 Å². The topological polar surface area (TPSA) is 89.2 Å². The van der Waals surface area contributed by atoms with Gasteiger partial charge in [-0.3, -0.25) is 9.20 Å². The Morgan fingerprint density at radius 2 is 1.95 bits per heavy atom. The first-order valence-electron chi connectivity index (χ1n) is 12.8. The number of aryl methyl sites for hydroxylation is 1. The van der Waals surface area contributed by atoms with E-state index in [4.69, 9.17) is 9.97 Å². The van der Waals surface area contributed by atoms with Crippen molar-refractivity contribution in [1.82, 2.24) is 24.6 Å². The van der Waals surface area contributed by atoms with Crippen molar-refractivity contribution in [2.24, 2.45) is 0 Å². The van der Waals surface area contributed by atoms with Crippen LogP contribution in [0.25, 0.3) is 16.9 Å². The molecule has 4 aromatic rings. The van der Waals surface area contributed by atoms with Gasteiger partial charge in [-0.1, -0.05) is 6.92 Å². The Labute approximate surface area is 224 Å². The van der Waals surface area contributed by atoms with Gasteiger partial charge in [0.2, 0.25) is 5.91 Å². The summed E-state index contributed by atoms with van der Waals surface area (Å²) in [5.41, 5.74) is 4.38. The van der Waals surface area contributed by atoms with Crippen LogP contribution in [0.2, 0.25) is 0 Å². The molecule has 1 aromatic carbocycles. The third-order valence-corrected chi connectivity index (χ3v) is 8.19. The number of benzene rings is 1. The Morgan fingerprint density at radius 1 is 1.18 bits per heavy atom. The van der Waals surface area contributed by atoms with E-state index in [-0.39, 0.29) is 24.3 Å². The minimum absolute atomic E-state index is 0.0237. The summed E-state index contributed by atoms with van der Waals surface area (Å²) in [6.07, 6.45) is 2.39. The van der Waals surface area contributed by atoms with E-state index in [9.17, 15) is 14.3 Å². The van der Waals surface area contributed by atoms with E-state index in [0.29, 0.717) is 13.1 Å². The number of amides is 1. The molecular formula is C27H30FN7O2S. The maximum atomic E-state index is 13.4. The molecule has 2 fully saturated rings. The molecule has 3 aromatic heterocycles. The Kier molecular flexibility index (Phi) is 6.50. The Hall–Kier alpha value is -3.54. The molecule has 5 heterocycles. The van der Waals surface area contributed by atoms with Gasteiger partial charge >= 0.3 is 0 Å². The van der Waals surface area contributed by atoms with Crippen molar-refractivity contribution in [3.63, 3.8) is 0 Å². The number of imidazole rings is 1. The lowest BCUT2D eigenvalue weighted by molar-refractivity contribution is -0.139. The fourth-order valence-corrected chi connectivity index (χ4v) is 5.73. The molecule has 2 N–H and O–H groups in total. The summed E-state index contributed by atoms with van der Waals surface area (Å²) in [6, 6.07) is 10.6. The summed E-state index contributed by atoms with van der Waals surface area (Å²) in [5, 5.41) is 15.7. The molecule has 0 spiro atoms. The Morgan fingerprint density at radius 3 is 2.61 bits per heavy atom. The molecule has 2 saturated heterocycles. The van der Waals surface area contributed by atoms with E-state index in [0.717, 1.165) is 58.7 Å². The number of likely N-dealkylation sites (tertiary alicyclic amines) is 1. The number of hydrogen-bond acceptors (Lipinski definition) is 8. The molecule has 6 rings (SSSR count). The summed E-state index contributed by atoms with van der Waals surface area (Å²) < 4.78 is 15.5. The normalized spacial score (nSPS) is 15.9. The number of carbonyl (C=O) groups is 1. The molecule has 0 atom stereocenters. The maximum Gasteiger partial charge on any atom is 0.242 e. The number of pyridine rings is 1. The standard InChI is InChI=1S/C27H30FN7O2S/c1-3-22-26(32(2)27-31-23(16-38-27)17-4-6-18(28)7-5-17)35-12-19(8-9-24(35)30-22)34(20-10-29-11-20)15-25(37)33-13-21(36)14-33/h4-9,12,16,20-21,29,36H,3,10-11,13-15H2,1-2H3. The third-order valence-electron chi connectivity index (χ3n) is 7.27. The number of anilines is 3. The van der Waals surface area contributed by atoms with E-state index in [1.807, 2.05) is 29.5 Å². The number of aromatic nitrogens is 3.